The van der Waals surface area contributed by atoms with Gasteiger partial charge in [-0.15, -0.1) is 0 Å². The summed E-state index contributed by atoms with van der Waals surface area (Å²) in [6, 6.07) is 19.2. The third kappa shape index (κ3) is 3.70. The topological polar surface area (TPSA) is 122 Å². The van der Waals surface area contributed by atoms with Crippen LogP contribution in [0.5, 0.6) is 0 Å². The van der Waals surface area contributed by atoms with Crippen molar-refractivity contribution in [3.63, 3.8) is 0 Å². The summed E-state index contributed by atoms with van der Waals surface area (Å²) in [6.07, 6.45) is 0.538. The highest BCUT2D eigenvalue weighted by atomic mass is 32.2. The van der Waals surface area contributed by atoms with Crippen LogP contribution in [0.3, 0.4) is 0 Å². The van der Waals surface area contributed by atoms with E-state index < -0.39 is 27.3 Å². The minimum atomic E-state index is -3.90. The zero-order valence-electron chi connectivity index (χ0n) is 17.6. The molecule has 0 radical (unpaired) electrons. The summed E-state index contributed by atoms with van der Waals surface area (Å²) < 4.78 is 27.0. The Labute approximate surface area is 191 Å². The normalized spacial score (nSPS) is 19.6. The second-order valence-electron chi connectivity index (χ2n) is 8.09. The maximum atomic E-state index is 13.5. The molecule has 168 valence electrons. The summed E-state index contributed by atoms with van der Waals surface area (Å²) >= 11 is 0. The van der Waals surface area contributed by atoms with Gasteiger partial charge in [0.25, 0.3) is 5.91 Å². The molecule has 3 amide bonds. The molecule has 0 aliphatic carbocycles. The molecule has 9 heteroatoms. The lowest BCUT2D eigenvalue weighted by atomic mass is 10.1. The number of hydrogen-bond acceptors (Lipinski definition) is 5. The number of nitrogens with zero attached hydrogens (tertiary/aromatic N) is 1. The molecule has 0 spiro atoms. The molecule has 0 saturated carbocycles. The fraction of sp³-hybridized carbons (Fsp3) is 0.167. The zero-order chi connectivity index (χ0) is 23.2. The molecule has 5 rings (SSSR count). The van der Waals surface area contributed by atoms with Gasteiger partial charge in [0.1, 0.15) is 0 Å². The second kappa shape index (κ2) is 7.93. The molecular formula is C24H22N4O4S. The number of carbonyl (C=O) groups is 2. The van der Waals surface area contributed by atoms with Gasteiger partial charge in [0.2, 0.25) is 9.84 Å². The van der Waals surface area contributed by atoms with Crippen LogP contribution in [0.25, 0.3) is 0 Å². The molecule has 3 aromatic rings. The molecule has 3 aromatic carbocycles. The summed E-state index contributed by atoms with van der Waals surface area (Å²) in [5, 5.41) is 4.11. The van der Waals surface area contributed by atoms with Crippen LogP contribution >= 0.6 is 0 Å². The van der Waals surface area contributed by atoms with Crippen molar-refractivity contribution in [3.05, 3.63) is 89.5 Å². The number of nitrogens with one attached hydrogen (secondary N) is 2. The van der Waals surface area contributed by atoms with E-state index in [0.717, 1.165) is 5.56 Å². The minimum Gasteiger partial charge on any atom is -0.399 e. The molecular weight excluding hydrogens is 440 g/mol. The fourth-order valence-electron chi connectivity index (χ4n) is 4.34. The molecule has 0 aromatic heterocycles. The fourth-order valence-corrected chi connectivity index (χ4v) is 6.04. The largest absolute Gasteiger partial charge is 0.399 e. The Morgan fingerprint density at radius 3 is 2.42 bits per heavy atom. The van der Waals surface area contributed by atoms with Crippen molar-refractivity contribution in [2.45, 2.75) is 22.7 Å². The molecule has 1 unspecified atom stereocenters. The van der Waals surface area contributed by atoms with Gasteiger partial charge in [-0.05, 0) is 60.0 Å². The lowest BCUT2D eigenvalue weighted by Crippen LogP contribution is -2.36. The third-order valence-electron chi connectivity index (χ3n) is 6.03. The molecule has 33 heavy (non-hydrogen) atoms. The smallest absolute Gasteiger partial charge is 0.316 e. The van der Waals surface area contributed by atoms with Gasteiger partial charge in [0, 0.05) is 23.5 Å². The van der Waals surface area contributed by atoms with Crippen LogP contribution in [0, 0.1) is 0 Å². The van der Waals surface area contributed by atoms with Crippen molar-refractivity contribution >= 4 is 33.2 Å². The first-order valence-electron chi connectivity index (χ1n) is 10.5. The van der Waals surface area contributed by atoms with Gasteiger partial charge in [0.15, 0.2) is 5.37 Å². The molecule has 1 saturated heterocycles. The Morgan fingerprint density at radius 2 is 1.70 bits per heavy atom. The van der Waals surface area contributed by atoms with Crippen molar-refractivity contribution in [2.24, 2.45) is 0 Å². The summed E-state index contributed by atoms with van der Waals surface area (Å²) in [5.74, 6) is -0.166. The van der Waals surface area contributed by atoms with E-state index in [0.29, 0.717) is 35.5 Å². The standard InChI is InChI=1S/C24H22N4O4S/c25-18-8-6-16(7-9-18)23(29)28-13-12-17-14-19(10-11-20(17)28)33(31,32)22-21(26-24(30)27-22)15-4-2-1-3-5-15/h1-11,14,21-22H,12-13,25H2,(H2,26,27,30)/t21?,22-/m0/s1. The monoisotopic (exact) mass is 462 g/mol. The van der Waals surface area contributed by atoms with E-state index in [4.69, 9.17) is 5.73 Å². The van der Waals surface area contributed by atoms with Crippen molar-refractivity contribution in [3.8, 4) is 0 Å². The van der Waals surface area contributed by atoms with E-state index in [1.807, 2.05) is 6.07 Å². The molecule has 2 heterocycles. The molecule has 1 fully saturated rings. The molecule has 0 bridgehead atoms. The van der Waals surface area contributed by atoms with Gasteiger partial charge in [-0.1, -0.05) is 30.3 Å². The number of carbonyl (C=O) groups excluding carboxylic acids is 2. The van der Waals surface area contributed by atoms with Crippen LogP contribution in [0.2, 0.25) is 0 Å². The van der Waals surface area contributed by atoms with Crippen LogP contribution in [0.15, 0.2) is 77.7 Å². The number of benzene rings is 3. The highest BCUT2D eigenvalue weighted by molar-refractivity contribution is 7.92. The Bertz CT molecular complexity index is 1340. The van der Waals surface area contributed by atoms with E-state index >= 15 is 0 Å². The van der Waals surface area contributed by atoms with Gasteiger partial charge in [-0.25, -0.2) is 13.2 Å². The summed E-state index contributed by atoms with van der Waals surface area (Å²) in [5.41, 5.74) is 8.95. The number of urea groups is 1. The van der Waals surface area contributed by atoms with E-state index in [-0.39, 0.29) is 10.8 Å². The van der Waals surface area contributed by atoms with E-state index in [9.17, 15) is 18.0 Å². The van der Waals surface area contributed by atoms with Crippen LogP contribution in [0.1, 0.15) is 27.5 Å². The highest BCUT2D eigenvalue weighted by Gasteiger charge is 2.43. The van der Waals surface area contributed by atoms with Crippen molar-refractivity contribution in [1.29, 1.82) is 0 Å². The molecule has 2 aliphatic heterocycles. The quantitative estimate of drug-likeness (QED) is 0.515. The number of amides is 3. The Hall–Kier alpha value is -3.85. The van der Waals surface area contributed by atoms with E-state index in [2.05, 4.69) is 10.6 Å². The lowest BCUT2D eigenvalue weighted by molar-refractivity contribution is 0.0989. The van der Waals surface area contributed by atoms with E-state index in [1.165, 1.54) is 6.07 Å². The average molecular weight is 463 g/mol. The lowest BCUT2D eigenvalue weighted by Gasteiger charge is -2.20. The van der Waals surface area contributed by atoms with Crippen LogP contribution in [0.4, 0.5) is 16.2 Å². The van der Waals surface area contributed by atoms with Gasteiger partial charge < -0.3 is 21.3 Å². The number of anilines is 2. The predicted molar refractivity (Wildman–Crippen MR) is 125 cm³/mol. The number of hydrogen-bond donors (Lipinski definition) is 3. The van der Waals surface area contributed by atoms with Crippen LogP contribution < -0.4 is 21.3 Å². The number of rotatable bonds is 4. The maximum Gasteiger partial charge on any atom is 0.316 e. The SMILES string of the molecule is Nc1ccc(C(=O)N2CCc3cc(S(=O)(=O)[C@@H]4NC(=O)NC4c4ccccc4)ccc32)cc1. The zero-order valence-corrected chi connectivity index (χ0v) is 18.4. The molecule has 8 nitrogen and oxygen atoms in total. The van der Waals surface area contributed by atoms with Crippen LogP contribution in [-0.4, -0.2) is 32.3 Å². The van der Waals surface area contributed by atoms with Crippen LogP contribution in [-0.2, 0) is 16.3 Å². The van der Waals surface area contributed by atoms with Gasteiger partial charge in [0.05, 0.1) is 10.9 Å². The Morgan fingerprint density at radius 1 is 0.970 bits per heavy atom. The first-order valence-corrected chi connectivity index (χ1v) is 12.1. The first-order chi connectivity index (χ1) is 15.8. The Balaban J connectivity index is 1.45. The number of nitrogens with two attached hydrogens (primary N) is 1. The van der Waals surface area contributed by atoms with Gasteiger partial charge >= 0.3 is 6.03 Å². The minimum absolute atomic E-state index is 0.109. The van der Waals surface area contributed by atoms with Gasteiger partial charge in [-0.2, -0.15) is 0 Å². The summed E-state index contributed by atoms with van der Waals surface area (Å²) in [7, 11) is -3.90. The second-order valence-corrected chi connectivity index (χ2v) is 10.2. The summed E-state index contributed by atoms with van der Waals surface area (Å²) in [4.78, 5) is 26.7. The molecule has 4 N–H and O–H groups in total. The number of sulfone groups is 1. The van der Waals surface area contributed by atoms with Crippen molar-refractivity contribution in [2.75, 3.05) is 17.2 Å². The third-order valence-corrected chi connectivity index (χ3v) is 8.00. The maximum absolute atomic E-state index is 13.5. The summed E-state index contributed by atoms with van der Waals surface area (Å²) in [6.45, 7) is 0.455. The molecule has 2 aliphatic rings. The van der Waals surface area contributed by atoms with Crippen molar-refractivity contribution < 1.29 is 18.0 Å². The van der Waals surface area contributed by atoms with Crippen molar-refractivity contribution in [1.82, 2.24) is 10.6 Å². The van der Waals surface area contributed by atoms with Gasteiger partial charge in [-0.3, -0.25) is 4.79 Å². The van der Waals surface area contributed by atoms with E-state index in [1.54, 1.807) is 65.6 Å². The first kappa shape index (κ1) is 21.0. The molecule has 2 atom stereocenters. The predicted octanol–water partition coefficient (Wildman–Crippen LogP) is 2.63. The number of nitrogen functional groups attached to an aromatic ring is 1. The number of fused-ring (bicyclic) bond motifs is 1. The Kier molecular flexibility index (Phi) is 5.05. The average Bonchev–Trinajstić information content (AvgIpc) is 3.43. The highest BCUT2D eigenvalue weighted by Crippen LogP contribution is 2.34.